The van der Waals surface area contributed by atoms with Crippen LogP contribution >= 0.6 is 0 Å². The maximum absolute atomic E-state index is 3.38. The summed E-state index contributed by atoms with van der Waals surface area (Å²) < 4.78 is 0. The smallest absolute Gasteiger partial charge is 0.0249 e. The Balaban J connectivity index is 1.16. The summed E-state index contributed by atoms with van der Waals surface area (Å²) in [5, 5.41) is 0. The van der Waals surface area contributed by atoms with Crippen LogP contribution in [0, 0.1) is 41.4 Å². The Kier molecular flexibility index (Phi) is 10.9. The summed E-state index contributed by atoms with van der Waals surface area (Å²) in [7, 11) is 0. The first-order chi connectivity index (χ1) is 17.2. The highest BCUT2D eigenvalue weighted by Gasteiger charge is 2.30. The Bertz CT molecular complexity index is 794. The summed E-state index contributed by atoms with van der Waals surface area (Å²) in [6.07, 6.45) is 28.9. The van der Waals surface area contributed by atoms with Gasteiger partial charge in [0.2, 0.25) is 0 Å². The van der Waals surface area contributed by atoms with Gasteiger partial charge in [0.15, 0.2) is 0 Å². The molecule has 0 aliphatic heterocycles. The molecule has 0 spiro atoms. The van der Waals surface area contributed by atoms with Gasteiger partial charge in [0.25, 0.3) is 0 Å². The van der Waals surface area contributed by atoms with Crippen molar-refractivity contribution in [1.29, 1.82) is 0 Å². The molecule has 0 saturated heterocycles. The van der Waals surface area contributed by atoms with Gasteiger partial charge in [-0.2, -0.15) is 0 Å². The number of hydrogen-bond donors (Lipinski definition) is 0. The zero-order valence-electron chi connectivity index (χ0n) is 22.9. The fourth-order valence-electron chi connectivity index (χ4n) is 7.59. The minimum atomic E-state index is 0.756. The molecular weight excluding hydrogens is 420 g/mol. The molecule has 0 radical (unpaired) electrons. The van der Waals surface area contributed by atoms with Crippen LogP contribution in [0.5, 0.6) is 0 Å². The van der Waals surface area contributed by atoms with Gasteiger partial charge >= 0.3 is 0 Å². The lowest BCUT2D eigenvalue weighted by Gasteiger charge is -2.37. The van der Waals surface area contributed by atoms with Crippen molar-refractivity contribution in [1.82, 2.24) is 0 Å². The lowest BCUT2D eigenvalue weighted by molar-refractivity contribution is 0.152. The van der Waals surface area contributed by atoms with E-state index in [0.29, 0.717) is 0 Å². The van der Waals surface area contributed by atoms with Crippen LogP contribution in [0.3, 0.4) is 0 Å². The number of rotatable bonds is 8. The third-order valence-electron chi connectivity index (χ3n) is 9.93. The van der Waals surface area contributed by atoms with Crippen LogP contribution < -0.4 is 0 Å². The molecule has 3 aliphatic rings. The molecule has 3 fully saturated rings. The molecule has 3 aliphatic carbocycles. The Hall–Kier alpha value is -1.48. The van der Waals surface area contributed by atoms with Gasteiger partial charge in [0.1, 0.15) is 0 Å². The molecule has 0 bridgehead atoms. The topological polar surface area (TPSA) is 0 Å². The quantitative estimate of drug-likeness (QED) is 0.330. The summed E-state index contributed by atoms with van der Waals surface area (Å²) in [5.74, 6) is 12.3. The molecule has 0 atom stereocenters. The molecule has 1 aromatic carbocycles. The van der Waals surface area contributed by atoms with Crippen molar-refractivity contribution >= 4 is 0 Å². The zero-order valence-corrected chi connectivity index (χ0v) is 22.9. The maximum atomic E-state index is 3.38. The fourth-order valence-corrected chi connectivity index (χ4v) is 7.59. The van der Waals surface area contributed by atoms with Gasteiger partial charge in [0, 0.05) is 5.56 Å². The van der Waals surface area contributed by atoms with E-state index in [2.05, 4.69) is 62.1 Å². The maximum Gasteiger partial charge on any atom is 0.0249 e. The predicted octanol–water partition coefficient (Wildman–Crippen LogP) is 10.5. The minimum absolute atomic E-state index is 0.756. The van der Waals surface area contributed by atoms with E-state index < -0.39 is 0 Å². The molecule has 0 unspecified atom stereocenters. The first-order valence-corrected chi connectivity index (χ1v) is 15.5. The zero-order chi connectivity index (χ0) is 24.3. The number of hydrogen-bond acceptors (Lipinski definition) is 0. The number of unbranched alkanes of at least 4 members (excludes halogenated alkanes) is 1. The molecule has 0 aromatic heterocycles. The van der Waals surface area contributed by atoms with Crippen molar-refractivity contribution in [3.8, 4) is 11.8 Å². The van der Waals surface area contributed by atoms with Crippen LogP contribution in [0.1, 0.15) is 140 Å². The Labute approximate surface area is 217 Å². The van der Waals surface area contributed by atoms with E-state index in [1.54, 1.807) is 0 Å². The highest BCUT2D eigenvalue weighted by molar-refractivity contribution is 5.39. The molecule has 4 rings (SSSR count). The first-order valence-electron chi connectivity index (χ1n) is 15.5. The Morgan fingerprint density at radius 2 is 1.29 bits per heavy atom. The van der Waals surface area contributed by atoms with Crippen molar-refractivity contribution in [3.05, 3.63) is 47.5 Å². The summed E-state index contributed by atoms with van der Waals surface area (Å²) in [6, 6.07) is 9.20. The molecule has 35 heavy (non-hydrogen) atoms. The van der Waals surface area contributed by atoms with Crippen LogP contribution in [0.25, 0.3) is 0 Å². The molecule has 0 N–H and O–H groups in total. The largest absolute Gasteiger partial charge is 0.0730 e. The average molecular weight is 473 g/mol. The van der Waals surface area contributed by atoms with Gasteiger partial charge < -0.3 is 0 Å². The van der Waals surface area contributed by atoms with Crippen LogP contribution in [0.2, 0.25) is 0 Å². The highest BCUT2D eigenvalue weighted by atomic mass is 14.4. The second-order valence-corrected chi connectivity index (χ2v) is 12.4. The van der Waals surface area contributed by atoms with E-state index in [4.69, 9.17) is 0 Å². The third kappa shape index (κ3) is 8.27. The van der Waals surface area contributed by atoms with Gasteiger partial charge in [-0.3, -0.25) is 0 Å². The summed E-state index contributed by atoms with van der Waals surface area (Å²) in [5.41, 5.74) is 2.70. The number of benzene rings is 1. The van der Waals surface area contributed by atoms with Gasteiger partial charge in [-0.05, 0) is 123 Å². The van der Waals surface area contributed by atoms with Crippen molar-refractivity contribution in [2.75, 3.05) is 0 Å². The molecule has 0 amide bonds. The van der Waals surface area contributed by atoms with E-state index >= 15 is 0 Å². The normalized spacial score (nSPS) is 31.7. The second-order valence-electron chi connectivity index (χ2n) is 12.4. The predicted molar refractivity (Wildman–Crippen MR) is 152 cm³/mol. The van der Waals surface area contributed by atoms with Crippen molar-refractivity contribution in [3.63, 3.8) is 0 Å². The average Bonchev–Trinajstić information content (AvgIpc) is 2.92. The molecule has 1 aromatic rings. The first kappa shape index (κ1) is 26.6. The molecule has 0 heteroatoms. The lowest BCUT2D eigenvalue weighted by Crippen LogP contribution is -2.25. The Morgan fingerprint density at radius 1 is 0.686 bits per heavy atom. The van der Waals surface area contributed by atoms with Gasteiger partial charge in [-0.15, -0.1) is 0 Å². The van der Waals surface area contributed by atoms with Crippen molar-refractivity contribution in [2.24, 2.45) is 29.6 Å². The standard InChI is InChI=1S/C35H52/c1-3-5-9-29-14-22-33(23-15-29)35-26-18-31(19-27-35)11-7-6-10-30-16-24-34(25-17-30)32-20-12-28(8-4-2)13-21-32/h6,10,18-19,26-30,32-34H,3-5,8-9,12-17,20-25H2,1-2H3/b10-6+/t28-,29-,30?,32-,33-,34?. The van der Waals surface area contributed by atoms with Crippen LogP contribution in [-0.4, -0.2) is 0 Å². The summed E-state index contributed by atoms with van der Waals surface area (Å²) in [4.78, 5) is 0. The van der Waals surface area contributed by atoms with E-state index in [9.17, 15) is 0 Å². The molecular formula is C35H52. The molecule has 0 heterocycles. The van der Waals surface area contributed by atoms with Gasteiger partial charge in [0.05, 0.1) is 0 Å². The molecule has 3 saturated carbocycles. The minimum Gasteiger partial charge on any atom is -0.0730 e. The van der Waals surface area contributed by atoms with E-state index in [1.165, 1.54) is 115 Å². The van der Waals surface area contributed by atoms with E-state index in [0.717, 1.165) is 41.1 Å². The van der Waals surface area contributed by atoms with Crippen molar-refractivity contribution in [2.45, 2.75) is 129 Å². The van der Waals surface area contributed by atoms with Crippen LogP contribution in [0.15, 0.2) is 36.4 Å². The van der Waals surface area contributed by atoms with Crippen molar-refractivity contribution < 1.29 is 0 Å². The fraction of sp³-hybridized carbons (Fsp3) is 0.714. The number of allylic oxidation sites excluding steroid dienone is 2. The summed E-state index contributed by atoms with van der Waals surface area (Å²) >= 11 is 0. The van der Waals surface area contributed by atoms with E-state index in [1.807, 2.05) is 0 Å². The van der Waals surface area contributed by atoms with Gasteiger partial charge in [-0.1, -0.05) is 88.8 Å². The van der Waals surface area contributed by atoms with E-state index in [-0.39, 0.29) is 0 Å². The van der Waals surface area contributed by atoms with Gasteiger partial charge in [-0.25, -0.2) is 0 Å². The highest BCUT2D eigenvalue weighted by Crippen LogP contribution is 2.42. The Morgan fingerprint density at radius 3 is 1.91 bits per heavy atom. The SMILES string of the molecule is CCCC[C@H]1CC[C@H](c2ccc(C#C/C=C/C3CCC([C@H]4CC[C@H](CCC)CC4)CC3)cc2)CC1. The van der Waals surface area contributed by atoms with Crippen LogP contribution in [0.4, 0.5) is 0 Å². The molecule has 0 nitrogen and oxygen atoms in total. The lowest BCUT2D eigenvalue weighted by atomic mass is 9.69. The van der Waals surface area contributed by atoms with Crippen LogP contribution in [-0.2, 0) is 0 Å². The second kappa shape index (κ2) is 14.3. The monoisotopic (exact) mass is 472 g/mol. The third-order valence-corrected chi connectivity index (χ3v) is 9.93. The summed E-state index contributed by atoms with van der Waals surface area (Å²) in [6.45, 7) is 4.66. The molecule has 192 valence electrons.